The van der Waals surface area contributed by atoms with E-state index >= 15 is 4.39 Å². The molecule has 0 aliphatic carbocycles. The molecule has 0 atom stereocenters. The van der Waals surface area contributed by atoms with E-state index in [1.807, 2.05) is 92.4 Å². The van der Waals surface area contributed by atoms with Crippen molar-refractivity contribution in [3.63, 3.8) is 0 Å². The third kappa shape index (κ3) is 7.18. The van der Waals surface area contributed by atoms with E-state index in [-0.39, 0.29) is 24.2 Å². The molecule has 0 spiro atoms. The van der Waals surface area contributed by atoms with E-state index in [1.54, 1.807) is 30.5 Å². The smallest absolute Gasteiger partial charge is 0.208 e. The molecule has 0 saturated heterocycles. The van der Waals surface area contributed by atoms with E-state index in [9.17, 15) is 0 Å². The number of nitrogens with two attached hydrogens (primary N) is 1. The van der Waals surface area contributed by atoms with Crippen LogP contribution in [0.5, 0.6) is 17.2 Å². The summed E-state index contributed by atoms with van der Waals surface area (Å²) in [5, 5.41) is 7.79. The molecule has 4 N–H and O–H groups in total. The van der Waals surface area contributed by atoms with Gasteiger partial charge in [0, 0.05) is 34.6 Å². The molecule has 4 aromatic carbocycles. The number of halogens is 1. The van der Waals surface area contributed by atoms with Crippen molar-refractivity contribution >= 4 is 17.5 Å². The Hall–Kier alpha value is -5.31. The Kier molecular flexibility index (Phi) is 9.44. The first kappa shape index (κ1) is 30.2. The molecule has 0 amide bonds. The number of imidazole rings is 1. The fourth-order valence-corrected chi connectivity index (χ4v) is 4.74. The number of amidine groups is 1. The zero-order chi connectivity index (χ0) is 31.1. The molecule has 8 nitrogen and oxygen atoms in total. The number of nitrogens with one attached hydrogen (secondary N) is 2. The Balaban J connectivity index is 1.52. The van der Waals surface area contributed by atoms with Gasteiger partial charge in [-0.3, -0.25) is 5.41 Å². The van der Waals surface area contributed by atoms with Crippen LogP contribution in [0.15, 0.2) is 97.2 Å². The van der Waals surface area contributed by atoms with E-state index in [2.05, 4.69) is 4.98 Å². The molecule has 5 rings (SSSR count). The molecule has 0 bridgehead atoms. The lowest BCUT2D eigenvalue weighted by Gasteiger charge is -2.24. The Bertz CT molecular complexity index is 1700. The van der Waals surface area contributed by atoms with Crippen molar-refractivity contribution in [3.05, 3.63) is 120 Å². The maximum absolute atomic E-state index is 15.9. The first-order valence-electron chi connectivity index (χ1n) is 14.5. The third-order valence-electron chi connectivity index (χ3n) is 6.80. The van der Waals surface area contributed by atoms with Crippen LogP contribution < -0.4 is 24.8 Å². The summed E-state index contributed by atoms with van der Waals surface area (Å²) in [5.41, 5.74) is 9.91. The highest BCUT2D eigenvalue weighted by Gasteiger charge is 2.21. The minimum Gasteiger partial charge on any atom is -0.494 e. The number of anilines is 2. The number of benzene rings is 4. The SMILES string of the molecule is CCOc1cc(CN(c2ccc(C(=N)N)cc2)c2nc(-c3ccccc3OCc3ccccc3)c[nH]2)c(F)c(OC(C)C)c1. The van der Waals surface area contributed by atoms with Crippen molar-refractivity contribution in [1.29, 1.82) is 5.41 Å². The normalized spacial score (nSPS) is 10.9. The van der Waals surface area contributed by atoms with Gasteiger partial charge >= 0.3 is 0 Å². The molecule has 44 heavy (non-hydrogen) atoms. The van der Waals surface area contributed by atoms with Crippen LogP contribution in [0.3, 0.4) is 0 Å². The van der Waals surface area contributed by atoms with Crippen molar-refractivity contribution in [3.8, 4) is 28.5 Å². The number of hydrogen-bond acceptors (Lipinski definition) is 6. The molecule has 0 fully saturated rings. The number of para-hydroxylation sites is 1. The van der Waals surface area contributed by atoms with Crippen molar-refractivity contribution in [2.24, 2.45) is 5.73 Å². The number of ether oxygens (including phenoxy) is 3. The molecular formula is C35H36FN5O3. The number of nitrogens with zero attached hydrogens (tertiary/aromatic N) is 2. The van der Waals surface area contributed by atoms with Crippen LogP contribution in [0, 0.1) is 11.2 Å². The van der Waals surface area contributed by atoms with Crippen LogP contribution in [-0.2, 0) is 13.2 Å². The topological polar surface area (TPSA) is 109 Å². The monoisotopic (exact) mass is 593 g/mol. The minimum atomic E-state index is -0.473. The summed E-state index contributed by atoms with van der Waals surface area (Å²) in [6.07, 6.45) is 1.58. The summed E-state index contributed by atoms with van der Waals surface area (Å²) in [7, 11) is 0. The molecule has 0 radical (unpaired) electrons. The van der Waals surface area contributed by atoms with Gasteiger partial charge in [0.2, 0.25) is 5.95 Å². The maximum atomic E-state index is 15.9. The number of H-pyrrole nitrogens is 1. The van der Waals surface area contributed by atoms with Crippen molar-refractivity contribution in [1.82, 2.24) is 9.97 Å². The van der Waals surface area contributed by atoms with Crippen LogP contribution in [0.2, 0.25) is 0 Å². The quantitative estimate of drug-likeness (QED) is 0.0958. The maximum Gasteiger partial charge on any atom is 0.208 e. The molecule has 0 aliphatic rings. The molecule has 9 heteroatoms. The molecule has 5 aromatic rings. The Labute approximate surface area is 256 Å². The van der Waals surface area contributed by atoms with Gasteiger partial charge in [0.25, 0.3) is 0 Å². The van der Waals surface area contributed by atoms with Crippen LogP contribution >= 0.6 is 0 Å². The number of rotatable bonds is 13. The highest BCUT2D eigenvalue weighted by molar-refractivity contribution is 5.95. The summed E-state index contributed by atoms with van der Waals surface area (Å²) in [6.45, 7) is 6.53. The van der Waals surface area contributed by atoms with Crippen LogP contribution in [0.25, 0.3) is 11.3 Å². The molecule has 0 aliphatic heterocycles. The molecule has 1 aromatic heterocycles. The first-order chi connectivity index (χ1) is 21.3. The zero-order valence-electron chi connectivity index (χ0n) is 25.0. The highest BCUT2D eigenvalue weighted by Crippen LogP contribution is 2.35. The lowest BCUT2D eigenvalue weighted by atomic mass is 10.1. The Morgan fingerprint density at radius 2 is 1.68 bits per heavy atom. The van der Waals surface area contributed by atoms with E-state index in [4.69, 9.17) is 30.3 Å². The molecular weight excluding hydrogens is 557 g/mol. The van der Waals surface area contributed by atoms with Gasteiger partial charge in [-0.05, 0) is 68.8 Å². The van der Waals surface area contributed by atoms with Gasteiger partial charge in [-0.2, -0.15) is 0 Å². The molecule has 1 heterocycles. The second-order valence-corrected chi connectivity index (χ2v) is 10.4. The predicted octanol–water partition coefficient (Wildman–Crippen LogP) is 7.60. The minimum absolute atomic E-state index is 0.0403. The summed E-state index contributed by atoms with van der Waals surface area (Å²) in [5.74, 6) is 1.30. The fourth-order valence-electron chi connectivity index (χ4n) is 4.74. The lowest BCUT2D eigenvalue weighted by molar-refractivity contribution is 0.228. The van der Waals surface area contributed by atoms with Crippen molar-refractivity contribution in [2.45, 2.75) is 40.0 Å². The Morgan fingerprint density at radius 1 is 0.955 bits per heavy atom. The standard InChI is InChI=1S/C35H36FN5O3/c1-4-42-28-18-26(33(36)32(19-28)44-23(2)3)21-41(27-16-14-25(15-17-27)34(37)38)35-39-20-30(40-35)29-12-8-9-13-31(29)43-22-24-10-6-5-7-11-24/h5-20,23H,4,21-22H2,1-3H3,(H3,37,38)(H,39,40). The van der Waals surface area contributed by atoms with E-state index in [1.165, 1.54) is 0 Å². The molecule has 0 saturated carbocycles. The summed E-state index contributed by atoms with van der Waals surface area (Å²) in [6, 6.07) is 28.1. The van der Waals surface area contributed by atoms with Gasteiger partial charge in [0.1, 0.15) is 23.9 Å². The van der Waals surface area contributed by atoms with Gasteiger partial charge in [0.15, 0.2) is 11.6 Å². The largest absolute Gasteiger partial charge is 0.494 e. The van der Waals surface area contributed by atoms with Crippen LogP contribution in [0.4, 0.5) is 16.0 Å². The van der Waals surface area contributed by atoms with Gasteiger partial charge in [0.05, 0.1) is 24.9 Å². The third-order valence-corrected chi connectivity index (χ3v) is 6.80. The lowest BCUT2D eigenvalue weighted by Crippen LogP contribution is -2.20. The fraction of sp³-hybridized carbons (Fsp3) is 0.200. The number of hydrogen-bond donors (Lipinski definition) is 3. The van der Waals surface area contributed by atoms with Crippen molar-refractivity contribution < 1.29 is 18.6 Å². The number of aromatic amines is 1. The predicted molar refractivity (Wildman–Crippen MR) is 171 cm³/mol. The summed E-state index contributed by atoms with van der Waals surface area (Å²) >= 11 is 0. The molecule has 226 valence electrons. The van der Waals surface area contributed by atoms with E-state index in [0.717, 1.165) is 16.8 Å². The Morgan fingerprint density at radius 3 is 2.39 bits per heavy atom. The van der Waals surface area contributed by atoms with Crippen molar-refractivity contribution in [2.75, 3.05) is 11.5 Å². The second-order valence-electron chi connectivity index (χ2n) is 10.4. The van der Waals surface area contributed by atoms with Crippen LogP contribution in [0.1, 0.15) is 37.5 Å². The highest BCUT2D eigenvalue weighted by atomic mass is 19.1. The van der Waals surface area contributed by atoms with E-state index < -0.39 is 5.82 Å². The average molecular weight is 594 g/mol. The first-order valence-corrected chi connectivity index (χ1v) is 14.5. The summed E-state index contributed by atoms with van der Waals surface area (Å²) in [4.78, 5) is 10.1. The number of aromatic nitrogens is 2. The molecule has 0 unspecified atom stereocenters. The van der Waals surface area contributed by atoms with E-state index in [0.29, 0.717) is 47.5 Å². The van der Waals surface area contributed by atoms with Gasteiger partial charge in [-0.1, -0.05) is 42.5 Å². The van der Waals surface area contributed by atoms with Crippen LogP contribution in [-0.4, -0.2) is 28.5 Å². The second kappa shape index (κ2) is 13.8. The zero-order valence-corrected chi connectivity index (χ0v) is 25.0. The average Bonchev–Trinajstić information content (AvgIpc) is 3.51. The number of nitrogen functional groups attached to an aromatic ring is 1. The summed E-state index contributed by atoms with van der Waals surface area (Å²) < 4.78 is 33.6. The van der Waals surface area contributed by atoms with Gasteiger partial charge in [-0.25, -0.2) is 9.37 Å². The van der Waals surface area contributed by atoms with Gasteiger partial charge < -0.3 is 29.8 Å². The van der Waals surface area contributed by atoms with Gasteiger partial charge in [-0.15, -0.1) is 0 Å².